The van der Waals surface area contributed by atoms with E-state index in [1.807, 2.05) is 4.90 Å². The maximum absolute atomic E-state index is 12.9. The van der Waals surface area contributed by atoms with Crippen molar-refractivity contribution < 1.29 is 21.6 Å². The first kappa shape index (κ1) is 24.2. The van der Waals surface area contributed by atoms with Gasteiger partial charge in [0.25, 0.3) is 0 Å². The van der Waals surface area contributed by atoms with E-state index in [4.69, 9.17) is 0 Å². The van der Waals surface area contributed by atoms with E-state index in [9.17, 15) is 21.6 Å². The lowest BCUT2D eigenvalue weighted by Gasteiger charge is -2.39. The molecule has 0 radical (unpaired) electrons. The number of benzene rings is 1. The molecule has 0 bridgehead atoms. The number of sulfonamides is 1. The molecule has 1 amide bonds. The molecule has 2 fully saturated rings. The zero-order valence-electron chi connectivity index (χ0n) is 18.5. The van der Waals surface area contributed by atoms with Crippen LogP contribution in [0.4, 0.5) is 0 Å². The molecule has 174 valence electrons. The highest BCUT2D eigenvalue weighted by molar-refractivity contribution is 7.90. The van der Waals surface area contributed by atoms with E-state index in [0.717, 1.165) is 32.4 Å². The molecule has 1 saturated carbocycles. The van der Waals surface area contributed by atoms with Crippen molar-refractivity contribution in [1.29, 1.82) is 0 Å². The van der Waals surface area contributed by atoms with Crippen LogP contribution in [-0.4, -0.2) is 77.1 Å². The molecule has 8 nitrogen and oxygen atoms in total. The first-order valence-electron chi connectivity index (χ1n) is 10.8. The molecule has 1 aromatic rings. The Hall–Kier alpha value is -1.49. The van der Waals surface area contributed by atoms with Gasteiger partial charge in [0.15, 0.2) is 9.84 Å². The van der Waals surface area contributed by atoms with Crippen LogP contribution >= 0.6 is 0 Å². The molecular weight excluding hydrogens is 438 g/mol. The molecule has 1 aliphatic heterocycles. The van der Waals surface area contributed by atoms with E-state index >= 15 is 0 Å². The van der Waals surface area contributed by atoms with Gasteiger partial charge in [-0.15, -0.1) is 0 Å². The lowest BCUT2D eigenvalue weighted by atomic mass is 9.85. The molecule has 0 atom stereocenters. The molecule has 1 N–H and O–H groups in total. The number of hydrogen-bond donors (Lipinski definition) is 1. The summed E-state index contributed by atoms with van der Waals surface area (Å²) in [6.07, 6.45) is 3.65. The van der Waals surface area contributed by atoms with Crippen LogP contribution in [0.3, 0.4) is 0 Å². The number of carbonyl (C=O) groups excluding carboxylic acids is 1. The Morgan fingerprint density at radius 2 is 1.42 bits per heavy atom. The zero-order valence-corrected chi connectivity index (χ0v) is 20.1. The van der Waals surface area contributed by atoms with Gasteiger partial charge in [-0.25, -0.2) is 21.6 Å². The molecule has 3 rings (SSSR count). The minimum atomic E-state index is -3.74. The van der Waals surface area contributed by atoms with Crippen LogP contribution in [0.15, 0.2) is 34.1 Å². The largest absolute Gasteiger partial charge is 0.340 e. The molecule has 31 heavy (non-hydrogen) atoms. The van der Waals surface area contributed by atoms with Crippen molar-refractivity contribution >= 4 is 25.8 Å². The SMILES string of the molecule is CC(C)N1CCN(C(=O)[C@H]2CC[C@H](NS(=O)(=O)c3ccc(S(C)(=O)=O)cc3)CC2)CC1. The van der Waals surface area contributed by atoms with Crippen LogP contribution in [0.5, 0.6) is 0 Å². The Bertz CT molecular complexity index is 974. The van der Waals surface area contributed by atoms with E-state index in [1.54, 1.807) is 0 Å². The fraction of sp³-hybridized carbons (Fsp3) is 0.667. The van der Waals surface area contributed by atoms with Gasteiger partial charge < -0.3 is 4.90 Å². The molecule has 1 aromatic carbocycles. The van der Waals surface area contributed by atoms with Crippen LogP contribution in [0.25, 0.3) is 0 Å². The van der Waals surface area contributed by atoms with Crippen molar-refractivity contribution in [3.05, 3.63) is 24.3 Å². The van der Waals surface area contributed by atoms with Gasteiger partial charge in [-0.3, -0.25) is 9.69 Å². The summed E-state index contributed by atoms with van der Waals surface area (Å²) in [7, 11) is -7.12. The first-order chi connectivity index (χ1) is 14.5. The van der Waals surface area contributed by atoms with E-state index < -0.39 is 19.9 Å². The molecule has 0 spiro atoms. The highest BCUT2D eigenvalue weighted by atomic mass is 32.2. The van der Waals surface area contributed by atoms with E-state index in [2.05, 4.69) is 23.5 Å². The van der Waals surface area contributed by atoms with Gasteiger partial charge in [0.2, 0.25) is 15.9 Å². The van der Waals surface area contributed by atoms with Crippen molar-refractivity contribution in [1.82, 2.24) is 14.5 Å². The average molecular weight is 472 g/mol. The molecule has 2 aliphatic rings. The summed E-state index contributed by atoms with van der Waals surface area (Å²) in [5.74, 6) is 0.154. The number of nitrogens with one attached hydrogen (secondary N) is 1. The third-order valence-corrected chi connectivity index (χ3v) is 8.98. The lowest BCUT2D eigenvalue weighted by molar-refractivity contribution is -0.138. The third kappa shape index (κ3) is 6.06. The van der Waals surface area contributed by atoms with Gasteiger partial charge >= 0.3 is 0 Å². The minimum Gasteiger partial charge on any atom is -0.340 e. The Kier molecular flexibility index (Phi) is 7.45. The quantitative estimate of drug-likeness (QED) is 0.674. The van der Waals surface area contributed by atoms with Crippen LogP contribution in [0, 0.1) is 5.92 Å². The monoisotopic (exact) mass is 471 g/mol. The summed E-state index contributed by atoms with van der Waals surface area (Å²) in [4.78, 5) is 17.3. The van der Waals surface area contributed by atoms with Crippen molar-refractivity contribution in [3.8, 4) is 0 Å². The normalized spacial score (nSPS) is 23.8. The second-order valence-corrected chi connectivity index (χ2v) is 12.6. The van der Waals surface area contributed by atoms with Gasteiger partial charge in [-0.2, -0.15) is 0 Å². The number of amides is 1. The number of nitrogens with zero attached hydrogens (tertiary/aromatic N) is 2. The van der Waals surface area contributed by atoms with Crippen molar-refractivity contribution in [2.45, 2.75) is 61.4 Å². The molecule has 10 heteroatoms. The smallest absolute Gasteiger partial charge is 0.240 e. The highest BCUT2D eigenvalue weighted by Crippen LogP contribution is 2.28. The first-order valence-corrected chi connectivity index (χ1v) is 14.2. The van der Waals surface area contributed by atoms with Crippen LogP contribution < -0.4 is 4.72 Å². The van der Waals surface area contributed by atoms with Crippen molar-refractivity contribution in [2.75, 3.05) is 32.4 Å². The fourth-order valence-electron chi connectivity index (χ4n) is 4.33. The summed E-state index contributed by atoms with van der Waals surface area (Å²) in [6, 6.07) is 5.50. The Balaban J connectivity index is 1.52. The second-order valence-electron chi connectivity index (χ2n) is 8.87. The number of piperazine rings is 1. The minimum absolute atomic E-state index is 0.0413. The molecule has 1 saturated heterocycles. The number of sulfone groups is 1. The maximum atomic E-state index is 12.9. The summed E-state index contributed by atoms with van der Waals surface area (Å²) in [5, 5.41) is 0. The van der Waals surface area contributed by atoms with E-state index in [-0.39, 0.29) is 27.7 Å². The third-order valence-electron chi connectivity index (χ3n) is 6.32. The number of rotatable bonds is 6. The summed E-state index contributed by atoms with van der Waals surface area (Å²) >= 11 is 0. The molecule has 1 aliphatic carbocycles. The van der Waals surface area contributed by atoms with Gasteiger partial charge in [0.05, 0.1) is 9.79 Å². The Morgan fingerprint density at radius 3 is 1.90 bits per heavy atom. The zero-order chi connectivity index (χ0) is 22.8. The predicted molar refractivity (Wildman–Crippen MR) is 119 cm³/mol. The molecular formula is C21H33N3O5S2. The van der Waals surface area contributed by atoms with E-state index in [1.165, 1.54) is 24.3 Å². The second kappa shape index (κ2) is 9.56. The summed E-state index contributed by atoms with van der Waals surface area (Å²) in [6.45, 7) is 7.65. The molecule has 0 unspecified atom stereocenters. The lowest BCUT2D eigenvalue weighted by Crippen LogP contribution is -2.52. The van der Waals surface area contributed by atoms with Gasteiger partial charge in [0, 0.05) is 50.4 Å². The van der Waals surface area contributed by atoms with Crippen molar-refractivity contribution in [2.24, 2.45) is 5.92 Å². The van der Waals surface area contributed by atoms with Gasteiger partial charge in [-0.05, 0) is 63.8 Å². The summed E-state index contributed by atoms with van der Waals surface area (Å²) in [5.41, 5.74) is 0. The summed E-state index contributed by atoms with van der Waals surface area (Å²) < 4.78 is 51.2. The average Bonchev–Trinajstić information content (AvgIpc) is 2.73. The number of hydrogen-bond acceptors (Lipinski definition) is 6. The maximum Gasteiger partial charge on any atom is 0.240 e. The van der Waals surface area contributed by atoms with Crippen LogP contribution in [-0.2, 0) is 24.7 Å². The molecule has 0 aromatic heterocycles. The van der Waals surface area contributed by atoms with Crippen molar-refractivity contribution in [3.63, 3.8) is 0 Å². The Labute approximate surface area is 186 Å². The van der Waals surface area contributed by atoms with Gasteiger partial charge in [0.1, 0.15) is 0 Å². The van der Waals surface area contributed by atoms with Crippen LogP contribution in [0.2, 0.25) is 0 Å². The predicted octanol–water partition coefficient (Wildman–Crippen LogP) is 1.48. The molecule has 1 heterocycles. The standard InChI is InChI=1S/C21H33N3O5S2/c1-16(2)23-12-14-24(15-13-23)21(25)17-4-6-18(7-5-17)22-31(28,29)20-10-8-19(9-11-20)30(3,26)27/h8-11,16-18,22H,4-7,12-15H2,1-3H3/t17-,18-. The highest BCUT2D eigenvalue weighted by Gasteiger charge is 2.33. The van der Waals surface area contributed by atoms with Gasteiger partial charge in [-0.1, -0.05) is 0 Å². The van der Waals surface area contributed by atoms with E-state index in [0.29, 0.717) is 31.7 Å². The Morgan fingerprint density at radius 1 is 0.903 bits per heavy atom. The van der Waals surface area contributed by atoms with Crippen LogP contribution in [0.1, 0.15) is 39.5 Å². The fourth-order valence-corrected chi connectivity index (χ4v) is 6.26. The topological polar surface area (TPSA) is 104 Å². The number of carbonyl (C=O) groups is 1.